The summed E-state index contributed by atoms with van der Waals surface area (Å²) < 4.78 is 4.10. The number of rotatable bonds is 4. The maximum atomic E-state index is 5.39. The van der Waals surface area contributed by atoms with Crippen LogP contribution < -0.4 is 16.0 Å². The first-order valence-electron chi connectivity index (χ1n) is 3.82. The summed E-state index contributed by atoms with van der Waals surface area (Å²) >= 11 is 0. The lowest BCUT2D eigenvalue weighted by Gasteiger charge is -1.90. The Hall–Kier alpha value is -0.870. The van der Waals surface area contributed by atoms with Crippen LogP contribution in [0, 0.1) is 0 Å². The normalized spacial score (nSPS) is 10.4. The summed E-state index contributed by atoms with van der Waals surface area (Å²) in [5.74, 6) is 0. The Morgan fingerprint density at radius 1 is 1.27 bits per heavy atom. The lowest BCUT2D eigenvalue weighted by atomic mass is 10.6. The number of imidazole rings is 1. The van der Waals surface area contributed by atoms with Gasteiger partial charge in [0.2, 0.25) is 6.33 Å². The largest absolute Gasteiger partial charge is 0.327 e. The van der Waals surface area contributed by atoms with Crippen LogP contribution in [-0.4, -0.2) is 17.7 Å². The average molecular weight is 155 g/mol. The predicted molar refractivity (Wildman–Crippen MR) is 42.7 cm³/mol. The molecule has 0 saturated heterocycles. The second-order valence-electron chi connectivity index (χ2n) is 2.47. The molecule has 4 nitrogen and oxygen atoms in total. The molecule has 0 aromatic carbocycles. The molecule has 4 heteroatoms. The minimum Gasteiger partial charge on any atom is -0.327 e. The molecule has 0 aliphatic carbocycles. The first kappa shape index (κ1) is 8.23. The van der Waals surface area contributed by atoms with Crippen LogP contribution in [0.15, 0.2) is 18.7 Å². The third-order valence-corrected chi connectivity index (χ3v) is 1.52. The van der Waals surface area contributed by atoms with Gasteiger partial charge in [0.15, 0.2) is 0 Å². The van der Waals surface area contributed by atoms with E-state index < -0.39 is 0 Å². The number of hydrogen-bond donors (Lipinski definition) is 2. The van der Waals surface area contributed by atoms with E-state index >= 15 is 0 Å². The third-order valence-electron chi connectivity index (χ3n) is 1.52. The summed E-state index contributed by atoms with van der Waals surface area (Å²) in [6.45, 7) is 3.10. The highest BCUT2D eigenvalue weighted by atomic mass is 15.1. The Morgan fingerprint density at radius 3 is 2.73 bits per heavy atom. The summed E-state index contributed by atoms with van der Waals surface area (Å²) in [5, 5.41) is 0. The quantitative estimate of drug-likeness (QED) is 0.530. The Bertz CT molecular complexity index is 185. The maximum Gasteiger partial charge on any atom is 0.243 e. The zero-order valence-electron chi connectivity index (χ0n) is 6.61. The van der Waals surface area contributed by atoms with E-state index in [0.717, 1.165) is 13.1 Å². The van der Waals surface area contributed by atoms with E-state index in [1.807, 2.05) is 18.7 Å². The van der Waals surface area contributed by atoms with Crippen LogP contribution in [0.25, 0.3) is 0 Å². The lowest BCUT2D eigenvalue weighted by molar-refractivity contribution is -0.694. The van der Waals surface area contributed by atoms with Crippen molar-refractivity contribution in [1.29, 1.82) is 0 Å². The van der Waals surface area contributed by atoms with Crippen molar-refractivity contribution in [2.45, 2.75) is 13.1 Å². The molecule has 0 saturated carbocycles. The van der Waals surface area contributed by atoms with E-state index in [0.29, 0.717) is 13.1 Å². The molecule has 1 rings (SSSR count). The van der Waals surface area contributed by atoms with Crippen LogP contribution in [0.3, 0.4) is 0 Å². The van der Waals surface area contributed by atoms with Gasteiger partial charge in [-0.1, -0.05) is 0 Å². The van der Waals surface area contributed by atoms with E-state index in [2.05, 4.69) is 9.13 Å². The first-order valence-corrected chi connectivity index (χ1v) is 3.82. The van der Waals surface area contributed by atoms with Crippen LogP contribution in [0.4, 0.5) is 0 Å². The van der Waals surface area contributed by atoms with Gasteiger partial charge in [-0.05, 0) is 0 Å². The van der Waals surface area contributed by atoms with Crippen molar-refractivity contribution in [3.63, 3.8) is 0 Å². The molecule has 0 radical (unpaired) electrons. The summed E-state index contributed by atoms with van der Waals surface area (Å²) in [7, 11) is 0. The van der Waals surface area contributed by atoms with Crippen LogP contribution in [0.2, 0.25) is 0 Å². The number of hydrogen-bond acceptors (Lipinski definition) is 2. The lowest BCUT2D eigenvalue weighted by Crippen LogP contribution is -2.35. The maximum absolute atomic E-state index is 5.39. The molecule has 0 aliphatic heterocycles. The SMILES string of the molecule is NCCn1cc[n+](CCN)c1. The highest BCUT2D eigenvalue weighted by Crippen LogP contribution is 1.81. The molecule has 11 heavy (non-hydrogen) atoms. The van der Waals surface area contributed by atoms with Gasteiger partial charge in [0.05, 0.1) is 0 Å². The fourth-order valence-electron chi connectivity index (χ4n) is 1.00. The minimum atomic E-state index is 0.678. The molecule has 0 bridgehead atoms. The van der Waals surface area contributed by atoms with Crippen LogP contribution in [0.5, 0.6) is 0 Å². The smallest absolute Gasteiger partial charge is 0.243 e. The Labute approximate surface area is 66.4 Å². The van der Waals surface area contributed by atoms with Gasteiger partial charge in [0.25, 0.3) is 0 Å². The Balaban J connectivity index is 2.51. The number of aromatic nitrogens is 2. The van der Waals surface area contributed by atoms with Crippen molar-refractivity contribution in [1.82, 2.24) is 4.57 Å². The van der Waals surface area contributed by atoms with E-state index in [1.54, 1.807) is 0 Å². The Kier molecular flexibility index (Phi) is 3.07. The molecule has 0 amide bonds. The summed E-state index contributed by atoms with van der Waals surface area (Å²) in [4.78, 5) is 0. The van der Waals surface area contributed by atoms with Gasteiger partial charge in [-0.2, -0.15) is 0 Å². The van der Waals surface area contributed by atoms with Crippen molar-refractivity contribution in [2.24, 2.45) is 11.5 Å². The Morgan fingerprint density at radius 2 is 2.09 bits per heavy atom. The molecule has 62 valence electrons. The van der Waals surface area contributed by atoms with Crippen molar-refractivity contribution in [2.75, 3.05) is 13.1 Å². The van der Waals surface area contributed by atoms with Gasteiger partial charge in [0.1, 0.15) is 25.5 Å². The van der Waals surface area contributed by atoms with Crippen LogP contribution in [-0.2, 0) is 13.1 Å². The van der Waals surface area contributed by atoms with Crippen LogP contribution in [0.1, 0.15) is 0 Å². The molecule has 0 aliphatic rings. The first-order chi connectivity index (χ1) is 5.36. The molecule has 1 aromatic heterocycles. The summed E-state index contributed by atoms with van der Waals surface area (Å²) in [6.07, 6.45) is 6.02. The van der Waals surface area contributed by atoms with Gasteiger partial charge in [-0.25, -0.2) is 9.13 Å². The molecule has 0 fully saturated rings. The van der Waals surface area contributed by atoms with Gasteiger partial charge in [0, 0.05) is 13.1 Å². The van der Waals surface area contributed by atoms with Crippen molar-refractivity contribution in [3.8, 4) is 0 Å². The topological polar surface area (TPSA) is 60.8 Å². The molecule has 1 heterocycles. The molecule has 0 spiro atoms. The zero-order valence-corrected chi connectivity index (χ0v) is 6.61. The molecule has 4 N–H and O–H groups in total. The van der Waals surface area contributed by atoms with Crippen molar-refractivity contribution in [3.05, 3.63) is 18.7 Å². The molecule has 0 unspecified atom stereocenters. The average Bonchev–Trinajstić information content (AvgIpc) is 2.38. The predicted octanol–water partition coefficient (Wildman–Crippen LogP) is -1.31. The van der Waals surface area contributed by atoms with Crippen LogP contribution >= 0.6 is 0 Å². The van der Waals surface area contributed by atoms with Gasteiger partial charge in [-0.15, -0.1) is 0 Å². The molecule has 1 aromatic rings. The summed E-state index contributed by atoms with van der Waals surface area (Å²) in [6, 6.07) is 0. The van der Waals surface area contributed by atoms with Crippen molar-refractivity contribution < 1.29 is 4.57 Å². The molecular weight excluding hydrogens is 140 g/mol. The highest BCUT2D eigenvalue weighted by molar-refractivity contribution is 4.65. The monoisotopic (exact) mass is 155 g/mol. The minimum absolute atomic E-state index is 0.678. The molecule has 0 atom stereocenters. The fourth-order valence-corrected chi connectivity index (χ4v) is 1.00. The van der Waals surface area contributed by atoms with E-state index in [9.17, 15) is 0 Å². The van der Waals surface area contributed by atoms with Crippen molar-refractivity contribution >= 4 is 0 Å². The van der Waals surface area contributed by atoms with Gasteiger partial charge >= 0.3 is 0 Å². The van der Waals surface area contributed by atoms with Gasteiger partial charge < -0.3 is 11.5 Å². The highest BCUT2D eigenvalue weighted by Gasteiger charge is 1.99. The van der Waals surface area contributed by atoms with E-state index in [4.69, 9.17) is 11.5 Å². The molecular formula is C7H15N4+. The van der Waals surface area contributed by atoms with E-state index in [1.165, 1.54) is 0 Å². The second kappa shape index (κ2) is 4.10. The fraction of sp³-hybridized carbons (Fsp3) is 0.571. The zero-order chi connectivity index (χ0) is 8.10. The van der Waals surface area contributed by atoms with Gasteiger partial charge in [-0.3, -0.25) is 0 Å². The third kappa shape index (κ3) is 2.32. The van der Waals surface area contributed by atoms with E-state index in [-0.39, 0.29) is 0 Å². The number of nitrogens with zero attached hydrogens (tertiary/aromatic N) is 2. The standard InChI is InChI=1S/C7H15N4/c8-1-3-10-5-6-11(7-10)4-2-9/h5-7H,1-4,8-9H2/q+1. The second-order valence-corrected chi connectivity index (χ2v) is 2.47. The summed E-state index contributed by atoms with van der Waals surface area (Å²) in [5.41, 5.74) is 10.8. The number of nitrogens with two attached hydrogens (primary N) is 2.